The second-order valence-corrected chi connectivity index (χ2v) is 5.95. The highest BCUT2D eigenvalue weighted by molar-refractivity contribution is 5.91. The van der Waals surface area contributed by atoms with E-state index < -0.39 is 23.5 Å². The first kappa shape index (κ1) is 17.7. The van der Waals surface area contributed by atoms with Crippen molar-refractivity contribution < 1.29 is 18.0 Å². The third-order valence-corrected chi connectivity index (χ3v) is 4.10. The molecule has 1 atom stereocenters. The third kappa shape index (κ3) is 3.93. The summed E-state index contributed by atoms with van der Waals surface area (Å²) in [7, 11) is 0. The molecule has 1 unspecified atom stereocenters. The van der Waals surface area contributed by atoms with Crippen molar-refractivity contribution in [1.82, 2.24) is 4.98 Å². The lowest BCUT2D eigenvalue weighted by atomic mass is 9.98. The first-order valence-electron chi connectivity index (χ1n) is 7.95. The molecule has 1 heterocycles. The number of carbonyl (C=O) groups is 1. The monoisotopic (exact) mass is 359 g/mol. The summed E-state index contributed by atoms with van der Waals surface area (Å²) in [6.07, 6.45) is 1.71. The van der Waals surface area contributed by atoms with Gasteiger partial charge in [-0.2, -0.15) is 0 Å². The van der Waals surface area contributed by atoms with Crippen LogP contribution in [0.25, 0.3) is 10.9 Å². The molecule has 3 aromatic rings. The zero-order valence-corrected chi connectivity index (χ0v) is 13.7. The largest absolute Gasteiger partial charge is 0.384 e. The summed E-state index contributed by atoms with van der Waals surface area (Å²) in [5.74, 6) is -2.96. The molecule has 0 fully saturated rings. The van der Waals surface area contributed by atoms with E-state index in [1.165, 1.54) is 24.4 Å². The quantitative estimate of drug-likeness (QED) is 0.709. The van der Waals surface area contributed by atoms with Crippen molar-refractivity contribution in [3.63, 3.8) is 0 Å². The third-order valence-electron chi connectivity index (χ3n) is 4.10. The molecule has 0 aliphatic rings. The van der Waals surface area contributed by atoms with Crippen molar-refractivity contribution in [2.45, 2.75) is 6.42 Å². The molecule has 0 spiro atoms. The summed E-state index contributed by atoms with van der Waals surface area (Å²) in [6, 6.07) is 9.28. The maximum Gasteiger partial charge on any atom is 0.222 e. The second kappa shape index (κ2) is 7.43. The lowest BCUT2D eigenvalue weighted by molar-refractivity contribution is -0.121. The number of pyridine rings is 1. The van der Waals surface area contributed by atoms with Crippen molar-refractivity contribution in [3.05, 3.63) is 71.7 Å². The van der Waals surface area contributed by atoms with Gasteiger partial charge >= 0.3 is 0 Å². The Morgan fingerprint density at radius 1 is 1.08 bits per heavy atom. The standard InChI is InChI=1S/C19H16F3N3O/c20-13-3-1-11(2-4-13)7-12(19(23)26)10-25-17-5-6-24-18-15(17)8-14(21)9-16(18)22/h1-6,8-9,12H,7,10H2,(H2,23,26)(H,24,25). The molecule has 0 saturated heterocycles. The van der Waals surface area contributed by atoms with Crippen molar-refractivity contribution in [1.29, 1.82) is 0 Å². The molecule has 0 aliphatic heterocycles. The predicted molar refractivity (Wildman–Crippen MR) is 92.9 cm³/mol. The molecular formula is C19H16F3N3O. The van der Waals surface area contributed by atoms with E-state index in [4.69, 9.17) is 5.73 Å². The van der Waals surface area contributed by atoms with Gasteiger partial charge in [0, 0.05) is 29.9 Å². The van der Waals surface area contributed by atoms with E-state index in [1.54, 1.807) is 18.2 Å². The first-order valence-corrected chi connectivity index (χ1v) is 7.95. The molecular weight excluding hydrogens is 343 g/mol. The minimum Gasteiger partial charge on any atom is -0.384 e. The number of amides is 1. The summed E-state index contributed by atoms with van der Waals surface area (Å²) in [5, 5.41) is 3.28. The molecule has 134 valence electrons. The number of anilines is 1. The van der Waals surface area contributed by atoms with Crippen LogP contribution in [0.15, 0.2) is 48.7 Å². The number of primary amides is 1. The van der Waals surface area contributed by atoms with E-state index in [-0.39, 0.29) is 23.3 Å². The van der Waals surface area contributed by atoms with Gasteiger partial charge in [0.2, 0.25) is 5.91 Å². The highest BCUT2D eigenvalue weighted by atomic mass is 19.1. The highest BCUT2D eigenvalue weighted by Crippen LogP contribution is 2.25. The number of carbonyl (C=O) groups excluding carboxylic acids is 1. The molecule has 3 rings (SSSR count). The first-order chi connectivity index (χ1) is 12.4. The Labute approximate surface area is 147 Å². The molecule has 0 radical (unpaired) electrons. The zero-order chi connectivity index (χ0) is 18.7. The smallest absolute Gasteiger partial charge is 0.222 e. The van der Waals surface area contributed by atoms with Gasteiger partial charge in [0.1, 0.15) is 17.2 Å². The second-order valence-electron chi connectivity index (χ2n) is 5.95. The molecule has 0 saturated carbocycles. The van der Waals surface area contributed by atoms with Gasteiger partial charge in [0.25, 0.3) is 0 Å². The van der Waals surface area contributed by atoms with E-state index in [9.17, 15) is 18.0 Å². The number of nitrogens with zero attached hydrogens (tertiary/aromatic N) is 1. The summed E-state index contributed by atoms with van der Waals surface area (Å²) in [4.78, 5) is 15.7. The van der Waals surface area contributed by atoms with Crippen molar-refractivity contribution in [2.75, 3.05) is 11.9 Å². The van der Waals surface area contributed by atoms with Crippen LogP contribution >= 0.6 is 0 Å². The minimum atomic E-state index is -0.763. The normalized spacial score (nSPS) is 12.1. The van der Waals surface area contributed by atoms with Crippen LogP contribution in [-0.4, -0.2) is 17.4 Å². The maximum absolute atomic E-state index is 13.8. The Balaban J connectivity index is 1.80. The fraction of sp³-hybridized carbons (Fsp3) is 0.158. The van der Waals surface area contributed by atoms with Crippen molar-refractivity contribution in [2.24, 2.45) is 11.7 Å². The van der Waals surface area contributed by atoms with Gasteiger partial charge < -0.3 is 11.1 Å². The van der Waals surface area contributed by atoms with Crippen LogP contribution in [0.5, 0.6) is 0 Å². The molecule has 2 aromatic carbocycles. The number of hydrogen-bond donors (Lipinski definition) is 2. The topological polar surface area (TPSA) is 68.0 Å². The van der Waals surface area contributed by atoms with Gasteiger partial charge in [0.05, 0.1) is 5.92 Å². The van der Waals surface area contributed by atoms with Crippen LogP contribution in [0, 0.1) is 23.4 Å². The fourth-order valence-electron chi connectivity index (χ4n) is 2.74. The van der Waals surface area contributed by atoms with Crippen LogP contribution in [-0.2, 0) is 11.2 Å². The average molecular weight is 359 g/mol. The van der Waals surface area contributed by atoms with Gasteiger partial charge in [-0.15, -0.1) is 0 Å². The summed E-state index contributed by atoms with van der Waals surface area (Å²) >= 11 is 0. The number of aromatic nitrogens is 1. The molecule has 1 amide bonds. The van der Waals surface area contributed by atoms with E-state index in [0.717, 1.165) is 11.6 Å². The molecule has 26 heavy (non-hydrogen) atoms. The lowest BCUT2D eigenvalue weighted by Crippen LogP contribution is -2.31. The number of nitrogens with one attached hydrogen (secondary N) is 1. The van der Waals surface area contributed by atoms with Gasteiger partial charge in [-0.25, -0.2) is 13.2 Å². The lowest BCUT2D eigenvalue weighted by Gasteiger charge is -2.16. The summed E-state index contributed by atoms with van der Waals surface area (Å²) < 4.78 is 40.4. The van der Waals surface area contributed by atoms with Gasteiger partial charge in [-0.3, -0.25) is 9.78 Å². The minimum absolute atomic E-state index is 0.0329. The zero-order valence-electron chi connectivity index (χ0n) is 13.7. The number of nitrogens with two attached hydrogens (primary N) is 1. The SMILES string of the molecule is NC(=O)C(CNc1ccnc2c(F)cc(F)cc12)Cc1ccc(F)cc1. The van der Waals surface area contributed by atoms with Gasteiger partial charge in [0.15, 0.2) is 5.82 Å². The summed E-state index contributed by atoms with van der Waals surface area (Å²) in [6.45, 7) is 0.157. The number of halogens is 3. The van der Waals surface area contributed by atoms with E-state index in [0.29, 0.717) is 12.1 Å². The Kier molecular flexibility index (Phi) is 5.06. The molecule has 3 N–H and O–H groups in total. The number of benzene rings is 2. The van der Waals surface area contributed by atoms with Gasteiger partial charge in [-0.05, 0) is 36.2 Å². The Hall–Kier alpha value is -3.09. The Morgan fingerprint density at radius 2 is 1.81 bits per heavy atom. The maximum atomic E-state index is 13.8. The predicted octanol–water partition coefficient (Wildman–Crippen LogP) is 3.41. The van der Waals surface area contributed by atoms with Crippen LogP contribution in [0.1, 0.15) is 5.56 Å². The number of rotatable bonds is 6. The van der Waals surface area contributed by atoms with E-state index >= 15 is 0 Å². The summed E-state index contributed by atoms with van der Waals surface area (Å²) in [5.41, 5.74) is 6.69. The average Bonchev–Trinajstić information content (AvgIpc) is 2.60. The fourth-order valence-corrected chi connectivity index (χ4v) is 2.74. The molecule has 4 nitrogen and oxygen atoms in total. The van der Waals surface area contributed by atoms with Crippen molar-refractivity contribution >= 4 is 22.5 Å². The van der Waals surface area contributed by atoms with Crippen LogP contribution in [0.4, 0.5) is 18.9 Å². The molecule has 0 bridgehead atoms. The Bertz CT molecular complexity index is 945. The molecule has 1 aromatic heterocycles. The number of fused-ring (bicyclic) bond motifs is 1. The van der Waals surface area contributed by atoms with Gasteiger partial charge in [-0.1, -0.05) is 12.1 Å². The van der Waals surface area contributed by atoms with Crippen molar-refractivity contribution in [3.8, 4) is 0 Å². The van der Waals surface area contributed by atoms with Crippen LogP contribution in [0.3, 0.4) is 0 Å². The number of hydrogen-bond acceptors (Lipinski definition) is 3. The highest BCUT2D eigenvalue weighted by Gasteiger charge is 2.17. The van der Waals surface area contributed by atoms with Crippen LogP contribution in [0.2, 0.25) is 0 Å². The Morgan fingerprint density at radius 3 is 2.50 bits per heavy atom. The molecule has 0 aliphatic carbocycles. The van der Waals surface area contributed by atoms with E-state index in [1.807, 2.05) is 0 Å². The molecule has 7 heteroatoms. The van der Waals surface area contributed by atoms with Crippen LogP contribution < -0.4 is 11.1 Å². The van der Waals surface area contributed by atoms with E-state index in [2.05, 4.69) is 10.3 Å².